The molecule has 1 atom stereocenters. The molecule has 1 aromatic carbocycles. The smallest absolute Gasteiger partial charge is 0.119 e. The lowest BCUT2D eigenvalue weighted by molar-refractivity contribution is 0.303. The first kappa shape index (κ1) is 15.2. The molecule has 116 valence electrons. The highest BCUT2D eigenvalue weighted by molar-refractivity contribution is 7.99. The molecule has 0 aromatic heterocycles. The lowest BCUT2D eigenvalue weighted by Gasteiger charge is -2.27. The lowest BCUT2D eigenvalue weighted by Crippen LogP contribution is -2.25. The van der Waals surface area contributed by atoms with Gasteiger partial charge < -0.3 is 10.1 Å². The van der Waals surface area contributed by atoms with Crippen molar-refractivity contribution < 1.29 is 4.74 Å². The van der Waals surface area contributed by atoms with Gasteiger partial charge in [-0.3, -0.25) is 0 Å². The molecule has 1 aliphatic carbocycles. The predicted molar refractivity (Wildman–Crippen MR) is 91.2 cm³/mol. The van der Waals surface area contributed by atoms with Crippen LogP contribution in [0.3, 0.4) is 0 Å². The van der Waals surface area contributed by atoms with E-state index in [1.807, 2.05) is 0 Å². The Kier molecular flexibility index (Phi) is 5.48. The zero-order chi connectivity index (χ0) is 14.5. The molecule has 0 amide bonds. The maximum atomic E-state index is 5.85. The Hall–Kier alpha value is -0.670. The summed E-state index contributed by atoms with van der Waals surface area (Å²) in [5.41, 5.74) is 1.42. The van der Waals surface area contributed by atoms with Crippen LogP contribution in [-0.2, 0) is 0 Å². The zero-order valence-corrected chi connectivity index (χ0v) is 13.8. The van der Waals surface area contributed by atoms with Crippen molar-refractivity contribution in [3.63, 3.8) is 0 Å². The minimum atomic E-state index is 0.486. The maximum absolute atomic E-state index is 5.85. The van der Waals surface area contributed by atoms with E-state index in [-0.39, 0.29) is 0 Å². The van der Waals surface area contributed by atoms with Gasteiger partial charge in [-0.25, -0.2) is 0 Å². The van der Waals surface area contributed by atoms with Gasteiger partial charge in [0.25, 0.3) is 0 Å². The Morgan fingerprint density at radius 1 is 1.14 bits per heavy atom. The van der Waals surface area contributed by atoms with E-state index in [2.05, 4.69) is 48.3 Å². The molecule has 2 aliphatic rings. The first-order valence-electron chi connectivity index (χ1n) is 8.43. The Balaban J connectivity index is 1.61. The van der Waals surface area contributed by atoms with E-state index in [1.54, 1.807) is 0 Å². The minimum absolute atomic E-state index is 0.486. The minimum Gasteiger partial charge on any atom is -0.490 e. The number of hydrogen-bond donors (Lipinski definition) is 1. The van der Waals surface area contributed by atoms with Crippen molar-refractivity contribution in [1.29, 1.82) is 0 Å². The van der Waals surface area contributed by atoms with Crippen LogP contribution in [0.4, 0.5) is 0 Å². The summed E-state index contributed by atoms with van der Waals surface area (Å²) >= 11 is 2.11. The Morgan fingerprint density at radius 2 is 1.86 bits per heavy atom. The number of benzene rings is 1. The monoisotopic (exact) mass is 305 g/mol. The normalized spacial score (nSPS) is 21.2. The van der Waals surface area contributed by atoms with Crippen molar-refractivity contribution in [2.45, 2.75) is 51.2 Å². The molecule has 1 unspecified atom stereocenters. The third-order valence-corrected chi connectivity index (χ3v) is 5.52. The average Bonchev–Trinajstić information content (AvgIpc) is 3.33. The summed E-state index contributed by atoms with van der Waals surface area (Å²) in [6.45, 7) is 3.24. The highest BCUT2D eigenvalue weighted by Gasteiger charge is 2.24. The number of nitrogens with one attached hydrogen (secondary N) is 1. The average molecular weight is 305 g/mol. The van der Waals surface area contributed by atoms with Gasteiger partial charge in [0.05, 0.1) is 6.10 Å². The summed E-state index contributed by atoms with van der Waals surface area (Å²) in [6.07, 6.45) is 6.98. The summed E-state index contributed by atoms with van der Waals surface area (Å²) in [5.74, 6) is 4.61. The summed E-state index contributed by atoms with van der Waals surface area (Å²) in [4.78, 5) is 0. The predicted octanol–water partition coefficient (Wildman–Crippen LogP) is 4.41. The van der Waals surface area contributed by atoms with Crippen LogP contribution in [-0.4, -0.2) is 24.2 Å². The first-order chi connectivity index (χ1) is 10.3. The largest absolute Gasteiger partial charge is 0.490 e. The molecule has 2 fully saturated rings. The second-order valence-corrected chi connectivity index (χ2v) is 7.51. The topological polar surface area (TPSA) is 21.3 Å². The Bertz CT molecular complexity index is 423. The second kappa shape index (κ2) is 7.55. The molecule has 3 heteroatoms. The molecule has 1 saturated heterocycles. The van der Waals surface area contributed by atoms with Crippen LogP contribution >= 0.6 is 11.8 Å². The van der Waals surface area contributed by atoms with E-state index in [0.29, 0.717) is 12.1 Å². The molecule has 0 spiro atoms. The van der Waals surface area contributed by atoms with Crippen molar-refractivity contribution in [2.24, 2.45) is 5.92 Å². The summed E-state index contributed by atoms with van der Waals surface area (Å²) in [5, 5.41) is 3.67. The van der Waals surface area contributed by atoms with Crippen LogP contribution in [0.25, 0.3) is 0 Å². The fourth-order valence-corrected chi connectivity index (χ4v) is 4.26. The zero-order valence-electron chi connectivity index (χ0n) is 13.0. The van der Waals surface area contributed by atoms with Gasteiger partial charge in [-0.05, 0) is 73.8 Å². The van der Waals surface area contributed by atoms with Gasteiger partial charge in [-0.2, -0.15) is 11.8 Å². The van der Waals surface area contributed by atoms with Gasteiger partial charge >= 0.3 is 0 Å². The third-order valence-electron chi connectivity index (χ3n) is 4.47. The summed E-state index contributed by atoms with van der Waals surface area (Å²) in [6, 6.07) is 9.30. The Labute approximate surface area is 133 Å². The molecular weight excluding hydrogens is 278 g/mol. The standard InChI is InChI=1S/C18H27NOS/c1-2-19-18(13-14-9-11-21-12-10-14)15-3-5-16(6-4-15)20-17-7-8-17/h3-6,14,17-19H,2,7-13H2,1H3. The van der Waals surface area contributed by atoms with Crippen molar-refractivity contribution in [1.82, 2.24) is 5.32 Å². The molecule has 1 heterocycles. The van der Waals surface area contributed by atoms with Crippen LogP contribution in [0.15, 0.2) is 24.3 Å². The van der Waals surface area contributed by atoms with Gasteiger partial charge in [0.15, 0.2) is 0 Å². The van der Waals surface area contributed by atoms with Crippen LogP contribution in [0, 0.1) is 5.92 Å². The van der Waals surface area contributed by atoms with E-state index in [9.17, 15) is 0 Å². The number of rotatable bonds is 7. The van der Waals surface area contributed by atoms with Crippen molar-refractivity contribution in [3.05, 3.63) is 29.8 Å². The molecule has 3 rings (SSSR count). The van der Waals surface area contributed by atoms with Crippen molar-refractivity contribution in [2.75, 3.05) is 18.1 Å². The molecule has 1 aromatic rings. The van der Waals surface area contributed by atoms with E-state index < -0.39 is 0 Å². The number of ether oxygens (including phenoxy) is 1. The SMILES string of the molecule is CCNC(CC1CCSCC1)c1ccc(OC2CC2)cc1. The Morgan fingerprint density at radius 3 is 2.48 bits per heavy atom. The highest BCUT2D eigenvalue weighted by atomic mass is 32.2. The van der Waals surface area contributed by atoms with E-state index >= 15 is 0 Å². The van der Waals surface area contributed by atoms with Crippen molar-refractivity contribution in [3.8, 4) is 5.75 Å². The molecule has 1 saturated carbocycles. The van der Waals surface area contributed by atoms with Crippen LogP contribution < -0.4 is 10.1 Å². The highest BCUT2D eigenvalue weighted by Crippen LogP contribution is 2.32. The molecule has 1 N–H and O–H groups in total. The van der Waals surface area contributed by atoms with E-state index in [0.717, 1.165) is 18.2 Å². The second-order valence-electron chi connectivity index (χ2n) is 6.29. The summed E-state index contributed by atoms with van der Waals surface area (Å²) < 4.78 is 5.85. The van der Waals surface area contributed by atoms with E-state index in [1.165, 1.54) is 49.2 Å². The fourth-order valence-electron chi connectivity index (χ4n) is 3.06. The third kappa shape index (κ3) is 4.65. The molecule has 2 nitrogen and oxygen atoms in total. The van der Waals surface area contributed by atoms with Gasteiger partial charge in [0.2, 0.25) is 0 Å². The van der Waals surface area contributed by atoms with Crippen LogP contribution in [0.1, 0.15) is 50.6 Å². The molecular formula is C18H27NOS. The first-order valence-corrected chi connectivity index (χ1v) is 9.58. The van der Waals surface area contributed by atoms with Gasteiger partial charge in [-0.15, -0.1) is 0 Å². The molecule has 0 radical (unpaired) electrons. The van der Waals surface area contributed by atoms with Crippen LogP contribution in [0.2, 0.25) is 0 Å². The molecule has 0 bridgehead atoms. The molecule has 1 aliphatic heterocycles. The quantitative estimate of drug-likeness (QED) is 0.806. The summed E-state index contributed by atoms with van der Waals surface area (Å²) in [7, 11) is 0. The number of hydrogen-bond acceptors (Lipinski definition) is 3. The van der Waals surface area contributed by atoms with Gasteiger partial charge in [0.1, 0.15) is 5.75 Å². The van der Waals surface area contributed by atoms with Crippen LogP contribution in [0.5, 0.6) is 5.75 Å². The number of thioether (sulfide) groups is 1. The molecule has 21 heavy (non-hydrogen) atoms. The maximum Gasteiger partial charge on any atom is 0.119 e. The van der Waals surface area contributed by atoms with Gasteiger partial charge in [0, 0.05) is 6.04 Å². The van der Waals surface area contributed by atoms with E-state index in [4.69, 9.17) is 4.74 Å². The van der Waals surface area contributed by atoms with Crippen molar-refractivity contribution >= 4 is 11.8 Å². The fraction of sp³-hybridized carbons (Fsp3) is 0.667. The van der Waals surface area contributed by atoms with Gasteiger partial charge in [-0.1, -0.05) is 19.1 Å². The lowest BCUT2D eigenvalue weighted by atomic mass is 9.90.